The lowest BCUT2D eigenvalue weighted by molar-refractivity contribution is -0.121. The van der Waals surface area contributed by atoms with Gasteiger partial charge in [0.15, 0.2) is 0 Å². The SMILES string of the molecule is CCC(=O)Nc1ccc(C(C)NC(=O)CCNC(=O)c2ccoc2)cc1. The van der Waals surface area contributed by atoms with Gasteiger partial charge in [0.05, 0.1) is 17.9 Å². The minimum absolute atomic E-state index is 0.0448. The number of hydrogen-bond acceptors (Lipinski definition) is 4. The molecule has 1 aromatic heterocycles. The molecule has 138 valence electrons. The molecule has 0 radical (unpaired) electrons. The molecule has 0 saturated carbocycles. The first kappa shape index (κ1) is 19.2. The van der Waals surface area contributed by atoms with E-state index in [1.54, 1.807) is 25.1 Å². The molecule has 0 fully saturated rings. The molecule has 1 heterocycles. The molecule has 0 saturated heterocycles. The minimum Gasteiger partial charge on any atom is -0.472 e. The molecule has 3 N–H and O–H groups in total. The summed E-state index contributed by atoms with van der Waals surface area (Å²) in [6, 6.07) is 8.70. The largest absolute Gasteiger partial charge is 0.472 e. The van der Waals surface area contributed by atoms with Gasteiger partial charge in [-0.2, -0.15) is 0 Å². The third-order valence-electron chi connectivity index (χ3n) is 3.81. The Balaban J connectivity index is 1.75. The molecule has 0 aliphatic carbocycles. The van der Waals surface area contributed by atoms with Crippen LogP contribution < -0.4 is 16.0 Å². The van der Waals surface area contributed by atoms with Crippen LogP contribution in [0.4, 0.5) is 5.69 Å². The topological polar surface area (TPSA) is 100 Å². The first-order valence-corrected chi connectivity index (χ1v) is 8.49. The van der Waals surface area contributed by atoms with E-state index in [-0.39, 0.29) is 36.7 Å². The van der Waals surface area contributed by atoms with Gasteiger partial charge in [-0.15, -0.1) is 0 Å². The number of rotatable bonds is 8. The first-order chi connectivity index (χ1) is 12.5. The Morgan fingerprint density at radius 2 is 1.81 bits per heavy atom. The van der Waals surface area contributed by atoms with Crippen molar-refractivity contribution in [2.45, 2.75) is 32.7 Å². The van der Waals surface area contributed by atoms with Crippen LogP contribution in [0.15, 0.2) is 47.3 Å². The van der Waals surface area contributed by atoms with Crippen molar-refractivity contribution in [2.24, 2.45) is 0 Å². The van der Waals surface area contributed by atoms with E-state index in [9.17, 15) is 14.4 Å². The van der Waals surface area contributed by atoms with Crippen molar-refractivity contribution in [3.8, 4) is 0 Å². The number of anilines is 1. The van der Waals surface area contributed by atoms with Crippen molar-refractivity contribution in [2.75, 3.05) is 11.9 Å². The van der Waals surface area contributed by atoms with E-state index in [0.717, 1.165) is 11.3 Å². The van der Waals surface area contributed by atoms with Gasteiger partial charge in [0.2, 0.25) is 11.8 Å². The van der Waals surface area contributed by atoms with Crippen molar-refractivity contribution < 1.29 is 18.8 Å². The molecule has 1 unspecified atom stereocenters. The summed E-state index contributed by atoms with van der Waals surface area (Å²) < 4.78 is 4.84. The third kappa shape index (κ3) is 5.77. The predicted molar refractivity (Wildman–Crippen MR) is 97.6 cm³/mol. The van der Waals surface area contributed by atoms with Crippen LogP contribution in [0.2, 0.25) is 0 Å². The lowest BCUT2D eigenvalue weighted by Crippen LogP contribution is -2.31. The summed E-state index contributed by atoms with van der Waals surface area (Å²) in [5, 5.41) is 8.32. The van der Waals surface area contributed by atoms with E-state index in [1.807, 2.05) is 19.1 Å². The normalized spacial score (nSPS) is 11.5. The van der Waals surface area contributed by atoms with Crippen LogP contribution in [-0.4, -0.2) is 24.3 Å². The van der Waals surface area contributed by atoms with Gasteiger partial charge in [0, 0.05) is 25.1 Å². The van der Waals surface area contributed by atoms with E-state index < -0.39 is 0 Å². The van der Waals surface area contributed by atoms with E-state index in [1.165, 1.54) is 12.5 Å². The summed E-state index contributed by atoms with van der Waals surface area (Å²) in [4.78, 5) is 35.1. The second-order valence-electron chi connectivity index (χ2n) is 5.83. The van der Waals surface area contributed by atoms with Crippen molar-refractivity contribution in [1.29, 1.82) is 0 Å². The number of furan rings is 1. The summed E-state index contributed by atoms with van der Waals surface area (Å²) in [6.45, 7) is 3.91. The number of carbonyl (C=O) groups excluding carboxylic acids is 3. The molecule has 7 nitrogen and oxygen atoms in total. The molecule has 2 rings (SSSR count). The Kier molecular flexibility index (Phi) is 6.96. The molecule has 0 aliphatic heterocycles. The zero-order valence-electron chi connectivity index (χ0n) is 14.9. The second-order valence-corrected chi connectivity index (χ2v) is 5.83. The molecule has 2 aromatic rings. The van der Waals surface area contributed by atoms with Crippen LogP contribution >= 0.6 is 0 Å². The van der Waals surface area contributed by atoms with Gasteiger partial charge in [-0.05, 0) is 30.7 Å². The summed E-state index contributed by atoms with van der Waals surface area (Å²) in [5.74, 6) is -0.478. The van der Waals surface area contributed by atoms with Crippen LogP contribution in [-0.2, 0) is 9.59 Å². The van der Waals surface area contributed by atoms with Gasteiger partial charge in [0.1, 0.15) is 6.26 Å². The molecule has 7 heteroatoms. The highest BCUT2D eigenvalue weighted by atomic mass is 16.3. The molecule has 0 spiro atoms. The summed E-state index contributed by atoms with van der Waals surface area (Å²) in [5.41, 5.74) is 2.07. The minimum atomic E-state index is -0.274. The highest BCUT2D eigenvalue weighted by Crippen LogP contribution is 2.16. The average Bonchev–Trinajstić information content (AvgIpc) is 3.16. The Hall–Kier alpha value is -3.09. The highest BCUT2D eigenvalue weighted by molar-refractivity contribution is 5.94. The van der Waals surface area contributed by atoms with Crippen LogP contribution in [0, 0.1) is 0 Å². The standard InChI is InChI=1S/C19H23N3O4/c1-3-17(23)22-16-6-4-14(5-7-16)13(2)21-18(24)8-10-20-19(25)15-9-11-26-12-15/h4-7,9,11-13H,3,8,10H2,1-2H3,(H,20,25)(H,21,24)(H,22,23). The average molecular weight is 357 g/mol. The van der Waals surface area contributed by atoms with Crippen molar-refractivity contribution in [3.63, 3.8) is 0 Å². The molecule has 1 aromatic carbocycles. The Labute approximate surface area is 152 Å². The second kappa shape index (κ2) is 9.41. The Morgan fingerprint density at radius 3 is 2.42 bits per heavy atom. The van der Waals surface area contributed by atoms with E-state index in [2.05, 4.69) is 16.0 Å². The molecule has 26 heavy (non-hydrogen) atoms. The fourth-order valence-corrected chi connectivity index (χ4v) is 2.29. The number of hydrogen-bond donors (Lipinski definition) is 3. The zero-order valence-corrected chi connectivity index (χ0v) is 14.9. The fraction of sp³-hybridized carbons (Fsp3) is 0.316. The maximum absolute atomic E-state index is 12.0. The van der Waals surface area contributed by atoms with Crippen molar-refractivity contribution in [3.05, 3.63) is 54.0 Å². The number of amides is 3. The highest BCUT2D eigenvalue weighted by Gasteiger charge is 2.11. The van der Waals surface area contributed by atoms with E-state index in [4.69, 9.17) is 4.42 Å². The summed E-state index contributed by atoms with van der Waals surface area (Å²) in [6.07, 6.45) is 3.37. The quantitative estimate of drug-likeness (QED) is 0.676. The molecular weight excluding hydrogens is 334 g/mol. The first-order valence-electron chi connectivity index (χ1n) is 8.49. The van der Waals surface area contributed by atoms with Gasteiger partial charge in [-0.1, -0.05) is 19.1 Å². The number of benzene rings is 1. The third-order valence-corrected chi connectivity index (χ3v) is 3.81. The zero-order chi connectivity index (χ0) is 18.9. The van der Waals surface area contributed by atoms with Gasteiger partial charge in [0.25, 0.3) is 5.91 Å². The van der Waals surface area contributed by atoms with Crippen LogP contribution in [0.3, 0.4) is 0 Å². The van der Waals surface area contributed by atoms with Crippen LogP contribution in [0.25, 0.3) is 0 Å². The summed E-state index contributed by atoms with van der Waals surface area (Å²) >= 11 is 0. The lowest BCUT2D eigenvalue weighted by atomic mass is 10.1. The van der Waals surface area contributed by atoms with Crippen LogP contribution in [0.5, 0.6) is 0 Å². The van der Waals surface area contributed by atoms with Crippen LogP contribution in [0.1, 0.15) is 48.7 Å². The molecule has 3 amide bonds. The van der Waals surface area contributed by atoms with E-state index >= 15 is 0 Å². The lowest BCUT2D eigenvalue weighted by Gasteiger charge is -2.15. The maximum Gasteiger partial charge on any atom is 0.254 e. The van der Waals surface area contributed by atoms with Gasteiger partial charge >= 0.3 is 0 Å². The van der Waals surface area contributed by atoms with Gasteiger partial charge in [-0.25, -0.2) is 0 Å². The number of nitrogens with one attached hydrogen (secondary N) is 3. The Morgan fingerprint density at radius 1 is 1.08 bits per heavy atom. The van der Waals surface area contributed by atoms with E-state index in [0.29, 0.717) is 12.0 Å². The monoisotopic (exact) mass is 357 g/mol. The fourth-order valence-electron chi connectivity index (χ4n) is 2.29. The van der Waals surface area contributed by atoms with Crippen molar-refractivity contribution in [1.82, 2.24) is 10.6 Å². The molecular formula is C19H23N3O4. The van der Waals surface area contributed by atoms with Crippen molar-refractivity contribution >= 4 is 23.4 Å². The summed E-state index contributed by atoms with van der Waals surface area (Å²) in [7, 11) is 0. The smallest absolute Gasteiger partial charge is 0.254 e. The Bertz CT molecular complexity index is 739. The molecule has 0 aliphatic rings. The number of carbonyl (C=O) groups is 3. The van der Waals surface area contributed by atoms with Gasteiger partial charge < -0.3 is 20.4 Å². The predicted octanol–water partition coefficient (Wildman–Crippen LogP) is 2.63. The van der Waals surface area contributed by atoms with Gasteiger partial charge in [-0.3, -0.25) is 14.4 Å². The molecule has 0 bridgehead atoms. The molecule has 1 atom stereocenters. The maximum atomic E-state index is 12.0.